The lowest BCUT2D eigenvalue weighted by Gasteiger charge is -2.31. The highest BCUT2D eigenvalue weighted by molar-refractivity contribution is 6.13. The van der Waals surface area contributed by atoms with Crippen molar-refractivity contribution in [2.24, 2.45) is 5.92 Å². The third kappa shape index (κ3) is 2.93. The largest absolute Gasteiger partial charge is 0.323 e. The molecule has 2 heterocycles. The maximum atomic E-state index is 13.3. The van der Waals surface area contributed by atoms with Crippen molar-refractivity contribution >= 4 is 45.6 Å². The van der Waals surface area contributed by atoms with Crippen molar-refractivity contribution < 1.29 is 14.4 Å². The normalized spacial score (nSPS) is 18.7. The van der Waals surface area contributed by atoms with Gasteiger partial charge in [-0.2, -0.15) is 0 Å². The zero-order chi connectivity index (χ0) is 20.0. The number of amides is 3. The van der Waals surface area contributed by atoms with Gasteiger partial charge < -0.3 is 15.1 Å². The molecular weight excluding hydrogens is 366 g/mol. The number of hydrogen-bond donors (Lipinski definition) is 1. The summed E-state index contributed by atoms with van der Waals surface area (Å²) in [6, 6.07) is 21.0. The number of para-hydroxylation sites is 2. The fraction of sp³-hybridized carbons (Fsp3) is 0.174. The summed E-state index contributed by atoms with van der Waals surface area (Å²) in [6.45, 7) is 0.279. The quantitative estimate of drug-likeness (QED) is 0.737. The maximum Gasteiger partial charge on any atom is 0.244 e. The van der Waals surface area contributed by atoms with Crippen LogP contribution in [0.15, 0.2) is 66.7 Å². The van der Waals surface area contributed by atoms with Crippen LogP contribution in [-0.2, 0) is 14.4 Å². The summed E-state index contributed by atoms with van der Waals surface area (Å²) in [6.07, 6.45) is 0.141. The van der Waals surface area contributed by atoms with E-state index in [1.54, 1.807) is 11.0 Å². The van der Waals surface area contributed by atoms with Crippen molar-refractivity contribution in [1.82, 2.24) is 0 Å². The van der Waals surface area contributed by atoms with Gasteiger partial charge in [-0.25, -0.2) is 0 Å². The summed E-state index contributed by atoms with van der Waals surface area (Å²) < 4.78 is 0. The van der Waals surface area contributed by atoms with Crippen LogP contribution in [-0.4, -0.2) is 30.8 Å². The summed E-state index contributed by atoms with van der Waals surface area (Å²) in [5.41, 5.74) is 2.11. The average molecular weight is 385 g/mol. The zero-order valence-electron chi connectivity index (χ0n) is 15.7. The van der Waals surface area contributed by atoms with Crippen LogP contribution in [0.3, 0.4) is 0 Å². The van der Waals surface area contributed by atoms with Gasteiger partial charge in [0.05, 0.1) is 23.0 Å². The number of rotatable bonds is 2. The molecule has 0 radical (unpaired) electrons. The fourth-order valence-corrected chi connectivity index (χ4v) is 4.20. The van der Waals surface area contributed by atoms with E-state index in [4.69, 9.17) is 0 Å². The van der Waals surface area contributed by atoms with Crippen LogP contribution in [0.5, 0.6) is 0 Å². The molecule has 5 rings (SSSR count). The van der Waals surface area contributed by atoms with Crippen molar-refractivity contribution in [3.05, 3.63) is 66.7 Å². The fourth-order valence-electron chi connectivity index (χ4n) is 4.20. The van der Waals surface area contributed by atoms with Gasteiger partial charge in [-0.1, -0.05) is 48.5 Å². The van der Waals surface area contributed by atoms with Gasteiger partial charge in [-0.15, -0.1) is 0 Å². The maximum absolute atomic E-state index is 13.3. The van der Waals surface area contributed by atoms with Crippen LogP contribution < -0.4 is 15.1 Å². The second-order valence-electron chi connectivity index (χ2n) is 7.39. The number of carbonyl (C=O) groups is 3. The number of nitrogens with one attached hydrogen (secondary N) is 1. The molecule has 0 unspecified atom stereocenters. The molecule has 3 aromatic carbocycles. The molecule has 6 nitrogen and oxygen atoms in total. The second kappa shape index (κ2) is 6.74. The van der Waals surface area contributed by atoms with Gasteiger partial charge in [-0.3, -0.25) is 14.4 Å². The van der Waals surface area contributed by atoms with Crippen molar-refractivity contribution in [3.8, 4) is 0 Å². The van der Waals surface area contributed by atoms with E-state index < -0.39 is 5.92 Å². The molecule has 144 valence electrons. The van der Waals surface area contributed by atoms with Gasteiger partial charge in [-0.05, 0) is 23.6 Å². The highest BCUT2D eigenvalue weighted by Crippen LogP contribution is 2.35. The summed E-state index contributed by atoms with van der Waals surface area (Å²) >= 11 is 0. The van der Waals surface area contributed by atoms with Gasteiger partial charge in [0, 0.05) is 18.4 Å². The Labute approximate surface area is 167 Å². The Morgan fingerprint density at radius 3 is 2.52 bits per heavy atom. The van der Waals surface area contributed by atoms with E-state index >= 15 is 0 Å². The summed E-state index contributed by atoms with van der Waals surface area (Å²) in [5.74, 6) is -0.981. The monoisotopic (exact) mass is 385 g/mol. The first kappa shape index (κ1) is 17.4. The molecule has 3 aromatic rings. The summed E-state index contributed by atoms with van der Waals surface area (Å²) in [7, 11) is 0. The summed E-state index contributed by atoms with van der Waals surface area (Å²) in [5, 5.41) is 4.82. The van der Waals surface area contributed by atoms with E-state index in [-0.39, 0.29) is 30.7 Å². The number of carbonyl (C=O) groups excluding carboxylic acids is 3. The van der Waals surface area contributed by atoms with Crippen molar-refractivity contribution in [2.45, 2.75) is 6.42 Å². The highest BCUT2D eigenvalue weighted by atomic mass is 16.2. The molecule has 2 aliphatic rings. The predicted octanol–water partition coefficient (Wildman–Crippen LogP) is 3.18. The van der Waals surface area contributed by atoms with E-state index in [1.807, 2.05) is 60.7 Å². The van der Waals surface area contributed by atoms with E-state index in [0.29, 0.717) is 17.9 Å². The SMILES string of the molecule is O=C1CN(C(=O)[C@H]2CC(=O)N(c3cccc4ccccc34)C2)c2ccccc2N1. The number of benzene rings is 3. The molecule has 0 spiro atoms. The molecule has 1 atom stereocenters. The first-order chi connectivity index (χ1) is 14.1. The van der Waals surface area contributed by atoms with Crippen LogP contribution >= 0.6 is 0 Å². The molecule has 0 aliphatic carbocycles. The Morgan fingerprint density at radius 1 is 0.897 bits per heavy atom. The third-order valence-corrected chi connectivity index (χ3v) is 5.57. The number of nitrogens with zero attached hydrogens (tertiary/aromatic N) is 2. The highest BCUT2D eigenvalue weighted by Gasteiger charge is 2.39. The Kier molecular flexibility index (Phi) is 4.05. The van der Waals surface area contributed by atoms with Crippen molar-refractivity contribution in [3.63, 3.8) is 0 Å². The molecular formula is C23H19N3O3. The minimum absolute atomic E-state index is 0.0329. The molecule has 3 amide bonds. The Balaban J connectivity index is 1.45. The lowest BCUT2D eigenvalue weighted by atomic mass is 10.0. The van der Waals surface area contributed by atoms with Gasteiger partial charge in [0.1, 0.15) is 6.54 Å². The van der Waals surface area contributed by atoms with Crippen LogP contribution in [0.2, 0.25) is 0 Å². The Morgan fingerprint density at radius 2 is 1.62 bits per heavy atom. The van der Waals surface area contributed by atoms with Gasteiger partial charge in [0.2, 0.25) is 17.7 Å². The Hall–Kier alpha value is -3.67. The molecule has 29 heavy (non-hydrogen) atoms. The van der Waals surface area contributed by atoms with E-state index in [9.17, 15) is 14.4 Å². The third-order valence-electron chi connectivity index (χ3n) is 5.57. The summed E-state index contributed by atoms with van der Waals surface area (Å²) in [4.78, 5) is 41.3. The molecule has 6 heteroatoms. The van der Waals surface area contributed by atoms with Crippen LogP contribution in [0, 0.1) is 5.92 Å². The zero-order valence-corrected chi connectivity index (χ0v) is 15.7. The second-order valence-corrected chi connectivity index (χ2v) is 7.39. The Bertz CT molecular complexity index is 1150. The first-order valence-corrected chi connectivity index (χ1v) is 9.60. The lowest BCUT2D eigenvalue weighted by Crippen LogP contribution is -2.45. The van der Waals surface area contributed by atoms with Gasteiger partial charge in [0.25, 0.3) is 0 Å². The van der Waals surface area contributed by atoms with Crippen molar-refractivity contribution in [1.29, 1.82) is 0 Å². The average Bonchev–Trinajstić information content (AvgIpc) is 3.13. The molecule has 0 bridgehead atoms. The predicted molar refractivity (Wildman–Crippen MR) is 112 cm³/mol. The first-order valence-electron chi connectivity index (χ1n) is 9.60. The molecule has 1 N–H and O–H groups in total. The van der Waals surface area contributed by atoms with Gasteiger partial charge in [0.15, 0.2) is 0 Å². The number of fused-ring (bicyclic) bond motifs is 2. The minimum Gasteiger partial charge on any atom is -0.323 e. The molecule has 1 fully saturated rings. The molecule has 0 aromatic heterocycles. The number of hydrogen-bond acceptors (Lipinski definition) is 3. The van der Waals surface area contributed by atoms with E-state index in [0.717, 1.165) is 16.5 Å². The lowest BCUT2D eigenvalue weighted by molar-refractivity contribution is -0.125. The van der Waals surface area contributed by atoms with Crippen LogP contribution in [0.25, 0.3) is 10.8 Å². The van der Waals surface area contributed by atoms with E-state index in [2.05, 4.69) is 5.32 Å². The molecule has 1 saturated heterocycles. The van der Waals surface area contributed by atoms with Gasteiger partial charge >= 0.3 is 0 Å². The minimum atomic E-state index is -0.486. The standard InChI is InChI=1S/C23H19N3O3/c27-21-14-26(20-10-4-3-9-18(20)24-21)23(29)16-12-22(28)25(13-16)19-11-5-7-15-6-1-2-8-17(15)19/h1-11,16H,12-14H2,(H,24,27)/t16-/m0/s1. The van der Waals surface area contributed by atoms with Crippen LogP contribution in [0.4, 0.5) is 17.1 Å². The number of anilines is 3. The molecule has 0 saturated carbocycles. The van der Waals surface area contributed by atoms with E-state index in [1.165, 1.54) is 4.90 Å². The van der Waals surface area contributed by atoms with Crippen LogP contribution in [0.1, 0.15) is 6.42 Å². The van der Waals surface area contributed by atoms with Crippen molar-refractivity contribution in [2.75, 3.05) is 28.2 Å². The smallest absolute Gasteiger partial charge is 0.244 e. The topological polar surface area (TPSA) is 69.7 Å². The molecule has 2 aliphatic heterocycles.